The first-order valence-corrected chi connectivity index (χ1v) is 9.51. The number of nitrogens with one attached hydrogen (secondary N) is 3. The van der Waals surface area contributed by atoms with E-state index in [1.54, 1.807) is 31.3 Å². The molecule has 0 fully saturated rings. The standard InChI is InChI=1S/C21H26F2N4O3.HI/c1-3-11-29-17-10-9-15(18(12-17)30-20(22)23)13-25-21(24-2)26-14-19(28)27-16-7-5-4-6-8-16;/h4-10,12,20H,3,11,13-14H2,1-2H3,(H,27,28)(H2,24,25,26);1H. The van der Waals surface area contributed by atoms with Crippen molar-refractivity contribution in [3.63, 3.8) is 0 Å². The molecule has 0 spiro atoms. The maximum absolute atomic E-state index is 12.8. The molecule has 31 heavy (non-hydrogen) atoms. The fourth-order valence-electron chi connectivity index (χ4n) is 2.49. The second-order valence-corrected chi connectivity index (χ2v) is 6.19. The van der Waals surface area contributed by atoms with Crippen molar-refractivity contribution >= 4 is 41.5 Å². The Morgan fingerprint density at radius 1 is 1.13 bits per heavy atom. The van der Waals surface area contributed by atoms with Crippen molar-refractivity contribution < 1.29 is 23.0 Å². The molecule has 2 rings (SSSR count). The second kappa shape index (κ2) is 14.4. The predicted molar refractivity (Wildman–Crippen MR) is 128 cm³/mol. The van der Waals surface area contributed by atoms with Gasteiger partial charge in [-0.25, -0.2) is 0 Å². The first kappa shape index (κ1) is 26.4. The Bertz CT molecular complexity index is 839. The summed E-state index contributed by atoms with van der Waals surface area (Å²) in [6, 6.07) is 13.8. The van der Waals surface area contributed by atoms with E-state index in [0.29, 0.717) is 29.6 Å². The Balaban J connectivity index is 0.00000480. The fourth-order valence-corrected chi connectivity index (χ4v) is 2.49. The third-order valence-electron chi connectivity index (χ3n) is 3.87. The quantitative estimate of drug-likeness (QED) is 0.238. The van der Waals surface area contributed by atoms with Crippen LogP contribution in [0.25, 0.3) is 0 Å². The Morgan fingerprint density at radius 3 is 2.52 bits per heavy atom. The number of hydrogen-bond donors (Lipinski definition) is 3. The van der Waals surface area contributed by atoms with Crippen molar-refractivity contribution in [3.05, 3.63) is 54.1 Å². The Labute approximate surface area is 197 Å². The van der Waals surface area contributed by atoms with Gasteiger partial charge in [0, 0.05) is 30.9 Å². The van der Waals surface area contributed by atoms with E-state index < -0.39 is 6.61 Å². The molecule has 2 aromatic carbocycles. The van der Waals surface area contributed by atoms with Crippen LogP contribution in [-0.2, 0) is 11.3 Å². The topological polar surface area (TPSA) is 84.0 Å². The van der Waals surface area contributed by atoms with Crippen molar-refractivity contribution in [1.82, 2.24) is 10.6 Å². The van der Waals surface area contributed by atoms with E-state index in [0.717, 1.165) is 6.42 Å². The van der Waals surface area contributed by atoms with Crippen molar-refractivity contribution in [1.29, 1.82) is 0 Å². The summed E-state index contributed by atoms with van der Waals surface area (Å²) in [5.74, 6) is 0.565. The molecule has 0 radical (unpaired) electrons. The number of carbonyl (C=O) groups excluding carboxylic acids is 1. The summed E-state index contributed by atoms with van der Waals surface area (Å²) in [7, 11) is 1.54. The van der Waals surface area contributed by atoms with E-state index in [2.05, 4.69) is 25.7 Å². The predicted octanol–water partition coefficient (Wildman–Crippen LogP) is 4.00. The number of nitrogens with zero attached hydrogens (tertiary/aromatic N) is 1. The van der Waals surface area contributed by atoms with Crippen LogP contribution in [-0.4, -0.2) is 38.7 Å². The minimum absolute atomic E-state index is 0. The lowest BCUT2D eigenvalue weighted by atomic mass is 10.2. The highest BCUT2D eigenvalue weighted by atomic mass is 127. The van der Waals surface area contributed by atoms with Crippen molar-refractivity contribution in [2.45, 2.75) is 26.5 Å². The average Bonchev–Trinajstić information content (AvgIpc) is 2.73. The zero-order valence-corrected chi connectivity index (χ0v) is 19.7. The summed E-state index contributed by atoms with van der Waals surface area (Å²) in [4.78, 5) is 16.1. The van der Waals surface area contributed by atoms with Gasteiger partial charge in [0.2, 0.25) is 5.91 Å². The highest BCUT2D eigenvalue weighted by Crippen LogP contribution is 2.26. The number of aliphatic imine (C=N–C) groups is 1. The summed E-state index contributed by atoms with van der Waals surface area (Å²) in [6.45, 7) is -0.375. The van der Waals surface area contributed by atoms with E-state index in [-0.39, 0.29) is 48.7 Å². The molecule has 0 aliphatic rings. The van der Waals surface area contributed by atoms with Gasteiger partial charge in [-0.3, -0.25) is 9.79 Å². The molecular formula is C21H27F2IN4O3. The molecule has 170 valence electrons. The number of hydrogen-bond acceptors (Lipinski definition) is 4. The minimum Gasteiger partial charge on any atom is -0.493 e. The van der Waals surface area contributed by atoms with E-state index in [1.807, 2.05) is 25.1 Å². The molecule has 0 saturated heterocycles. The van der Waals surface area contributed by atoms with E-state index in [9.17, 15) is 13.6 Å². The number of carbonyl (C=O) groups is 1. The highest BCUT2D eigenvalue weighted by Gasteiger charge is 2.12. The Morgan fingerprint density at radius 2 is 1.87 bits per heavy atom. The van der Waals surface area contributed by atoms with Crippen LogP contribution in [0.15, 0.2) is 53.5 Å². The molecule has 7 nitrogen and oxygen atoms in total. The Kier molecular flexibility index (Phi) is 12.3. The number of guanidine groups is 1. The molecule has 0 saturated carbocycles. The molecule has 0 aliphatic heterocycles. The van der Waals surface area contributed by atoms with Gasteiger partial charge in [0.25, 0.3) is 0 Å². The third kappa shape index (κ3) is 9.81. The normalized spacial score (nSPS) is 10.8. The maximum atomic E-state index is 12.8. The van der Waals surface area contributed by atoms with E-state index in [4.69, 9.17) is 4.74 Å². The molecule has 0 aromatic heterocycles. The van der Waals surface area contributed by atoms with Gasteiger partial charge in [0.1, 0.15) is 11.5 Å². The summed E-state index contributed by atoms with van der Waals surface area (Å²) < 4.78 is 35.6. The lowest BCUT2D eigenvalue weighted by Gasteiger charge is -2.16. The molecule has 1 amide bonds. The van der Waals surface area contributed by atoms with Gasteiger partial charge in [-0.05, 0) is 30.7 Å². The molecular weight excluding hydrogens is 521 g/mol. The number of amides is 1. The smallest absolute Gasteiger partial charge is 0.387 e. The van der Waals surface area contributed by atoms with E-state index >= 15 is 0 Å². The van der Waals surface area contributed by atoms with Gasteiger partial charge in [0.15, 0.2) is 5.96 Å². The van der Waals surface area contributed by atoms with Crippen molar-refractivity contribution in [3.8, 4) is 11.5 Å². The van der Waals surface area contributed by atoms with Gasteiger partial charge < -0.3 is 25.4 Å². The fraction of sp³-hybridized carbons (Fsp3) is 0.333. The summed E-state index contributed by atoms with van der Waals surface area (Å²) in [5, 5.41) is 8.59. The van der Waals surface area contributed by atoms with E-state index in [1.165, 1.54) is 6.07 Å². The minimum atomic E-state index is -2.95. The van der Waals surface area contributed by atoms with Gasteiger partial charge in [0.05, 0.1) is 13.2 Å². The number of benzene rings is 2. The van der Waals surface area contributed by atoms with Crippen LogP contribution in [0.5, 0.6) is 11.5 Å². The molecule has 0 bridgehead atoms. The molecule has 2 aromatic rings. The number of ether oxygens (including phenoxy) is 2. The lowest BCUT2D eigenvalue weighted by molar-refractivity contribution is -0.115. The second-order valence-electron chi connectivity index (χ2n) is 6.19. The molecule has 0 atom stereocenters. The zero-order chi connectivity index (χ0) is 21.8. The first-order chi connectivity index (χ1) is 14.5. The van der Waals surface area contributed by atoms with Crippen LogP contribution in [0.2, 0.25) is 0 Å². The summed E-state index contributed by atoms with van der Waals surface area (Å²) >= 11 is 0. The van der Waals surface area contributed by atoms with Crippen LogP contribution in [0, 0.1) is 0 Å². The van der Waals surface area contributed by atoms with Crippen LogP contribution < -0.4 is 25.4 Å². The number of anilines is 1. The van der Waals surface area contributed by atoms with Gasteiger partial charge in [-0.1, -0.05) is 25.1 Å². The maximum Gasteiger partial charge on any atom is 0.387 e. The SMILES string of the molecule is CCCOc1ccc(CNC(=NC)NCC(=O)Nc2ccccc2)c(OC(F)F)c1.I. The Hall–Kier alpha value is -2.63. The van der Waals surface area contributed by atoms with Crippen LogP contribution >= 0.6 is 24.0 Å². The van der Waals surface area contributed by atoms with Crippen LogP contribution in [0.1, 0.15) is 18.9 Å². The molecule has 0 unspecified atom stereocenters. The van der Waals surface area contributed by atoms with Crippen molar-refractivity contribution in [2.24, 2.45) is 4.99 Å². The largest absolute Gasteiger partial charge is 0.493 e. The summed E-state index contributed by atoms with van der Waals surface area (Å²) in [6.07, 6.45) is 0.800. The number of rotatable bonds is 10. The van der Waals surface area contributed by atoms with Gasteiger partial charge in [-0.2, -0.15) is 8.78 Å². The van der Waals surface area contributed by atoms with Gasteiger partial charge in [-0.15, -0.1) is 24.0 Å². The third-order valence-corrected chi connectivity index (χ3v) is 3.87. The number of halogens is 3. The van der Waals surface area contributed by atoms with Crippen LogP contribution in [0.4, 0.5) is 14.5 Å². The number of para-hydroxylation sites is 1. The van der Waals surface area contributed by atoms with Crippen LogP contribution in [0.3, 0.4) is 0 Å². The average molecular weight is 548 g/mol. The molecule has 3 N–H and O–H groups in total. The molecule has 10 heteroatoms. The van der Waals surface area contributed by atoms with Gasteiger partial charge >= 0.3 is 6.61 Å². The lowest BCUT2D eigenvalue weighted by Crippen LogP contribution is -2.41. The molecule has 0 aliphatic carbocycles. The number of alkyl halides is 2. The zero-order valence-electron chi connectivity index (χ0n) is 17.4. The molecule has 0 heterocycles. The van der Waals surface area contributed by atoms with Crippen molar-refractivity contribution in [2.75, 3.05) is 25.5 Å². The highest BCUT2D eigenvalue weighted by molar-refractivity contribution is 14.0. The first-order valence-electron chi connectivity index (χ1n) is 9.51. The monoisotopic (exact) mass is 548 g/mol. The summed E-state index contributed by atoms with van der Waals surface area (Å²) in [5.41, 5.74) is 1.18.